The number of furan rings is 1. The van der Waals surface area contributed by atoms with Crippen LogP contribution in [0, 0.1) is 6.92 Å². The van der Waals surface area contributed by atoms with E-state index in [1.807, 2.05) is 6.92 Å². The molecular formula is C12H13N3O3S2. The number of hydrogen-bond donors (Lipinski definition) is 1. The van der Waals surface area contributed by atoms with Crippen molar-refractivity contribution in [1.82, 2.24) is 15.5 Å². The molecule has 6 nitrogen and oxygen atoms in total. The fraction of sp³-hybridized carbons (Fsp3) is 0.333. The maximum Gasteiger partial charge on any atom is 0.295 e. The molecule has 2 aromatic heterocycles. The summed E-state index contributed by atoms with van der Waals surface area (Å²) in [6.07, 6.45) is 2.11. The van der Waals surface area contributed by atoms with E-state index in [0.29, 0.717) is 6.54 Å². The van der Waals surface area contributed by atoms with Crippen LogP contribution in [0.25, 0.3) is 0 Å². The highest BCUT2D eigenvalue weighted by Gasteiger charge is 2.17. The van der Waals surface area contributed by atoms with Crippen LogP contribution in [-0.4, -0.2) is 34.2 Å². The Bertz CT molecular complexity index is 581. The molecule has 1 N–H and O–H groups in total. The van der Waals surface area contributed by atoms with E-state index in [-0.39, 0.29) is 5.76 Å². The van der Waals surface area contributed by atoms with Crippen molar-refractivity contribution < 1.29 is 14.0 Å². The molecule has 1 amide bonds. The third-order valence-corrected chi connectivity index (χ3v) is 4.35. The van der Waals surface area contributed by atoms with Crippen molar-refractivity contribution in [3.8, 4) is 0 Å². The van der Waals surface area contributed by atoms with E-state index >= 15 is 0 Å². The Morgan fingerprint density at radius 1 is 1.45 bits per heavy atom. The standard InChI is InChI=1S/C12H13N3O3S2/c1-8-14-15-12(20-8)19-7-3-5-13-11(17)10(16)9-4-2-6-18-9/h2,4,6H,3,5,7H2,1H3,(H,13,17). The maximum absolute atomic E-state index is 11.6. The summed E-state index contributed by atoms with van der Waals surface area (Å²) in [4.78, 5) is 23.1. The van der Waals surface area contributed by atoms with Gasteiger partial charge in [0, 0.05) is 12.3 Å². The van der Waals surface area contributed by atoms with Crippen molar-refractivity contribution in [2.75, 3.05) is 12.3 Å². The number of ketones is 1. The second kappa shape index (κ2) is 7.20. The van der Waals surface area contributed by atoms with Crippen molar-refractivity contribution in [1.29, 1.82) is 0 Å². The quantitative estimate of drug-likeness (QED) is 0.364. The molecule has 0 spiro atoms. The Hall–Kier alpha value is -1.67. The van der Waals surface area contributed by atoms with Crippen LogP contribution >= 0.6 is 23.1 Å². The van der Waals surface area contributed by atoms with Crippen molar-refractivity contribution in [2.45, 2.75) is 17.7 Å². The number of thioether (sulfide) groups is 1. The summed E-state index contributed by atoms with van der Waals surface area (Å²) in [6.45, 7) is 2.35. The predicted octanol–water partition coefficient (Wildman–Crippen LogP) is 1.92. The molecule has 0 aliphatic heterocycles. The fourth-order valence-corrected chi connectivity index (χ4v) is 3.20. The van der Waals surface area contributed by atoms with Crippen LogP contribution in [0.5, 0.6) is 0 Å². The lowest BCUT2D eigenvalue weighted by Gasteiger charge is -2.02. The third kappa shape index (κ3) is 4.17. The molecular weight excluding hydrogens is 298 g/mol. The van der Waals surface area contributed by atoms with Gasteiger partial charge in [0.25, 0.3) is 11.7 Å². The summed E-state index contributed by atoms with van der Waals surface area (Å²) in [5.74, 6) is -0.426. The number of aromatic nitrogens is 2. The molecule has 0 saturated heterocycles. The van der Waals surface area contributed by atoms with Crippen molar-refractivity contribution >= 4 is 34.8 Å². The van der Waals surface area contributed by atoms with E-state index in [0.717, 1.165) is 21.5 Å². The summed E-state index contributed by atoms with van der Waals surface area (Å²) in [7, 11) is 0. The van der Waals surface area contributed by atoms with E-state index in [9.17, 15) is 9.59 Å². The second-order valence-corrected chi connectivity index (χ2v) is 6.38. The number of aryl methyl sites for hydroxylation is 1. The number of nitrogens with zero attached hydrogens (tertiary/aromatic N) is 2. The second-order valence-electron chi connectivity index (χ2n) is 3.85. The first-order valence-corrected chi connectivity index (χ1v) is 7.76. The van der Waals surface area contributed by atoms with Crippen LogP contribution < -0.4 is 5.32 Å². The van der Waals surface area contributed by atoms with E-state index in [2.05, 4.69) is 15.5 Å². The van der Waals surface area contributed by atoms with Gasteiger partial charge < -0.3 is 9.73 Å². The van der Waals surface area contributed by atoms with Gasteiger partial charge in [-0.15, -0.1) is 10.2 Å². The van der Waals surface area contributed by atoms with Gasteiger partial charge in [-0.2, -0.15) is 0 Å². The van der Waals surface area contributed by atoms with Crippen LogP contribution in [0.4, 0.5) is 0 Å². The highest BCUT2D eigenvalue weighted by molar-refractivity contribution is 8.01. The topological polar surface area (TPSA) is 85.1 Å². The Balaban J connectivity index is 1.63. The zero-order valence-corrected chi connectivity index (χ0v) is 12.4. The molecule has 0 aliphatic rings. The highest BCUT2D eigenvalue weighted by Crippen LogP contribution is 2.21. The van der Waals surface area contributed by atoms with Crippen LogP contribution in [0.1, 0.15) is 22.0 Å². The van der Waals surface area contributed by atoms with Gasteiger partial charge in [-0.05, 0) is 25.5 Å². The number of amides is 1. The summed E-state index contributed by atoms with van der Waals surface area (Å²) < 4.78 is 5.79. The average molecular weight is 311 g/mol. The summed E-state index contributed by atoms with van der Waals surface area (Å²) >= 11 is 3.13. The third-order valence-electron chi connectivity index (χ3n) is 2.29. The number of Topliss-reactive ketones (excluding diaryl/α,β-unsaturated/α-hetero) is 1. The molecule has 0 saturated carbocycles. The van der Waals surface area contributed by atoms with Gasteiger partial charge >= 0.3 is 0 Å². The monoisotopic (exact) mass is 311 g/mol. The number of carbonyl (C=O) groups is 2. The van der Waals surface area contributed by atoms with Gasteiger partial charge in [0.2, 0.25) is 0 Å². The smallest absolute Gasteiger partial charge is 0.295 e. The summed E-state index contributed by atoms with van der Waals surface area (Å²) in [5.41, 5.74) is 0. The van der Waals surface area contributed by atoms with Gasteiger partial charge in [-0.3, -0.25) is 9.59 Å². The lowest BCUT2D eigenvalue weighted by molar-refractivity contribution is -0.117. The van der Waals surface area contributed by atoms with Gasteiger partial charge in [0.1, 0.15) is 5.01 Å². The van der Waals surface area contributed by atoms with E-state index in [4.69, 9.17) is 4.42 Å². The number of hydrogen-bond acceptors (Lipinski definition) is 7. The van der Waals surface area contributed by atoms with Crippen LogP contribution in [0.15, 0.2) is 27.2 Å². The first-order valence-electron chi connectivity index (χ1n) is 5.96. The Morgan fingerprint density at radius 3 is 2.95 bits per heavy atom. The first kappa shape index (κ1) is 14.7. The van der Waals surface area contributed by atoms with Gasteiger partial charge in [0.05, 0.1) is 6.26 Å². The highest BCUT2D eigenvalue weighted by atomic mass is 32.2. The molecule has 20 heavy (non-hydrogen) atoms. The molecule has 2 heterocycles. The first-order chi connectivity index (χ1) is 9.66. The lowest BCUT2D eigenvalue weighted by Crippen LogP contribution is -2.31. The molecule has 0 fully saturated rings. The van der Waals surface area contributed by atoms with E-state index in [1.165, 1.54) is 12.3 Å². The van der Waals surface area contributed by atoms with Crippen LogP contribution in [0.2, 0.25) is 0 Å². The lowest BCUT2D eigenvalue weighted by atomic mass is 10.3. The largest absolute Gasteiger partial charge is 0.461 e. The minimum Gasteiger partial charge on any atom is -0.461 e. The molecule has 8 heteroatoms. The molecule has 0 radical (unpaired) electrons. The van der Waals surface area contributed by atoms with Crippen molar-refractivity contribution in [3.05, 3.63) is 29.2 Å². The minimum atomic E-state index is -0.651. The number of carbonyl (C=O) groups excluding carboxylic acids is 2. The number of nitrogens with one attached hydrogen (secondary N) is 1. The Labute approximate surface area is 124 Å². The fourth-order valence-electron chi connectivity index (χ4n) is 1.37. The Morgan fingerprint density at radius 2 is 2.30 bits per heavy atom. The SMILES string of the molecule is Cc1nnc(SCCCNC(=O)C(=O)c2ccco2)s1. The average Bonchev–Trinajstić information content (AvgIpc) is 3.08. The minimum absolute atomic E-state index is 0.0567. The predicted molar refractivity (Wildman–Crippen MR) is 76.0 cm³/mol. The summed E-state index contributed by atoms with van der Waals surface area (Å²) in [6, 6.07) is 3.04. The normalized spacial score (nSPS) is 10.4. The molecule has 2 rings (SSSR count). The van der Waals surface area contributed by atoms with Crippen molar-refractivity contribution in [3.63, 3.8) is 0 Å². The van der Waals surface area contributed by atoms with Gasteiger partial charge in [-0.1, -0.05) is 23.1 Å². The molecule has 0 atom stereocenters. The van der Waals surface area contributed by atoms with Crippen LogP contribution in [-0.2, 0) is 4.79 Å². The van der Waals surface area contributed by atoms with Crippen molar-refractivity contribution in [2.24, 2.45) is 0 Å². The molecule has 0 unspecified atom stereocenters. The summed E-state index contributed by atoms with van der Waals surface area (Å²) in [5, 5.41) is 11.4. The maximum atomic E-state index is 11.6. The van der Waals surface area contributed by atoms with E-state index in [1.54, 1.807) is 29.2 Å². The molecule has 0 bridgehead atoms. The Kier molecular flexibility index (Phi) is 5.31. The zero-order chi connectivity index (χ0) is 14.4. The van der Waals surface area contributed by atoms with E-state index < -0.39 is 11.7 Å². The molecule has 2 aromatic rings. The number of rotatable bonds is 7. The molecule has 106 valence electrons. The molecule has 0 aromatic carbocycles. The zero-order valence-electron chi connectivity index (χ0n) is 10.8. The van der Waals surface area contributed by atoms with Gasteiger partial charge in [0.15, 0.2) is 10.1 Å². The molecule has 0 aliphatic carbocycles. The van der Waals surface area contributed by atoms with Gasteiger partial charge in [-0.25, -0.2) is 0 Å². The van der Waals surface area contributed by atoms with Crippen LogP contribution in [0.3, 0.4) is 0 Å².